The number of hydrogen-bond donors (Lipinski definition) is 2. The van der Waals surface area contributed by atoms with Crippen LogP contribution in [-0.2, 0) is 16.2 Å². The molecule has 0 spiro atoms. The van der Waals surface area contributed by atoms with Crippen molar-refractivity contribution >= 4 is 32.9 Å². The van der Waals surface area contributed by atoms with E-state index in [0.717, 1.165) is 11.4 Å². The van der Waals surface area contributed by atoms with Gasteiger partial charge in [-0.25, -0.2) is 0 Å². The minimum atomic E-state index is -0.165. The maximum atomic E-state index is 3.72. The van der Waals surface area contributed by atoms with Gasteiger partial charge in [-0.2, -0.15) is 0 Å². The molecule has 2 N–H and O–H groups in total. The second-order valence-electron chi connectivity index (χ2n) is 21.4. The Kier molecular flexibility index (Phi) is 7.96. The Morgan fingerprint density at radius 3 is 1.29 bits per heavy atom. The molecule has 0 aromatic heterocycles. The highest BCUT2D eigenvalue weighted by Crippen LogP contribution is 2.57. The molecule has 0 bridgehead atoms. The predicted molar refractivity (Wildman–Crippen MR) is 287 cm³/mol. The van der Waals surface area contributed by atoms with Crippen molar-refractivity contribution in [3.05, 3.63) is 227 Å². The lowest BCUT2D eigenvalue weighted by Gasteiger charge is -2.26. The Morgan fingerprint density at radius 1 is 0.294 bits per heavy atom. The number of para-hydroxylation sites is 2. The first kappa shape index (κ1) is 39.5. The van der Waals surface area contributed by atoms with Crippen LogP contribution in [0.1, 0.15) is 86.7 Å². The lowest BCUT2D eigenvalue weighted by Crippen LogP contribution is -2.15. The molecule has 1 aliphatic heterocycles. The molecular weight excluding hydrogens is 821 g/mol. The van der Waals surface area contributed by atoms with Gasteiger partial charge in [0, 0.05) is 16.2 Å². The zero-order valence-electron chi connectivity index (χ0n) is 39.5. The van der Waals surface area contributed by atoms with E-state index in [1.165, 1.54) is 127 Å². The van der Waals surface area contributed by atoms with Crippen molar-refractivity contribution < 1.29 is 0 Å². The number of nitrogens with one attached hydrogen (secondary N) is 2. The van der Waals surface area contributed by atoms with E-state index in [2.05, 4.69) is 240 Å². The number of fused-ring (bicyclic) bond motifs is 12. The molecule has 10 aromatic rings. The quantitative estimate of drug-likeness (QED) is 0.172. The Balaban J connectivity index is 1.07. The fourth-order valence-corrected chi connectivity index (χ4v) is 13.1. The van der Waals surface area contributed by atoms with Gasteiger partial charge in [-0.05, 0) is 176 Å². The maximum absolute atomic E-state index is 3.72. The molecule has 14 rings (SSSR count). The van der Waals surface area contributed by atoms with Gasteiger partial charge in [0.2, 0.25) is 0 Å². The summed E-state index contributed by atoms with van der Waals surface area (Å²) >= 11 is 0. The first-order chi connectivity index (χ1) is 33.0. The average Bonchev–Trinajstić information content (AvgIpc) is 4.04. The first-order valence-electron chi connectivity index (χ1n) is 24.4. The van der Waals surface area contributed by atoms with Crippen molar-refractivity contribution in [3.63, 3.8) is 0 Å². The van der Waals surface area contributed by atoms with E-state index in [1.807, 2.05) is 0 Å². The van der Waals surface area contributed by atoms with E-state index >= 15 is 0 Å². The molecule has 0 amide bonds. The molecule has 1 heterocycles. The molecule has 0 atom stereocenters. The van der Waals surface area contributed by atoms with E-state index in [0.29, 0.717) is 0 Å². The average molecular weight is 873 g/mol. The molecule has 3 aliphatic carbocycles. The molecule has 68 heavy (non-hydrogen) atoms. The zero-order chi connectivity index (χ0) is 45.8. The Hall–Kier alpha value is -7.68. The van der Waals surface area contributed by atoms with E-state index in [-0.39, 0.29) is 22.4 Å². The summed E-state index contributed by atoms with van der Waals surface area (Å²) in [6, 6.07) is 71.8. The molecule has 0 unspecified atom stereocenters. The monoisotopic (exact) mass is 872 g/mol. The molecule has 0 saturated carbocycles. The van der Waals surface area contributed by atoms with Gasteiger partial charge in [-0.15, -0.1) is 0 Å². The molecule has 2 nitrogen and oxygen atoms in total. The minimum absolute atomic E-state index is 0.0115. The lowest BCUT2D eigenvalue weighted by atomic mass is 9.77. The SMILES string of the molecule is CC1(C)c2ccccc2-c2ccc(-c3c4ccc(-c5cccc(C6Nc7ccccc7N6)c5)cc4c(-c4ccc5c(c4)C(C)(C)c4ccccc4-5)c4cc5c(cc34)-c3ccccc3C5(C)C)cc21. The summed E-state index contributed by atoms with van der Waals surface area (Å²) < 4.78 is 0. The third-order valence-corrected chi connectivity index (χ3v) is 16.6. The Bertz CT molecular complexity index is 3820. The summed E-state index contributed by atoms with van der Waals surface area (Å²) in [4.78, 5) is 0. The summed E-state index contributed by atoms with van der Waals surface area (Å²) in [7, 11) is 0. The van der Waals surface area contributed by atoms with Gasteiger partial charge in [-0.1, -0.05) is 181 Å². The molecule has 0 fully saturated rings. The van der Waals surface area contributed by atoms with Crippen LogP contribution in [0.25, 0.3) is 88.3 Å². The topological polar surface area (TPSA) is 24.1 Å². The second-order valence-corrected chi connectivity index (χ2v) is 21.4. The van der Waals surface area contributed by atoms with Gasteiger partial charge < -0.3 is 10.6 Å². The number of hydrogen-bond acceptors (Lipinski definition) is 2. The van der Waals surface area contributed by atoms with Crippen molar-refractivity contribution in [2.75, 3.05) is 10.6 Å². The third kappa shape index (κ3) is 5.35. The highest BCUT2D eigenvalue weighted by atomic mass is 15.2. The van der Waals surface area contributed by atoms with E-state index < -0.39 is 0 Å². The number of rotatable bonds is 4. The van der Waals surface area contributed by atoms with Crippen LogP contribution in [0.3, 0.4) is 0 Å². The Labute approximate surface area is 399 Å². The van der Waals surface area contributed by atoms with Gasteiger partial charge in [0.15, 0.2) is 0 Å². The molecule has 10 aromatic carbocycles. The van der Waals surface area contributed by atoms with Gasteiger partial charge >= 0.3 is 0 Å². The highest BCUT2D eigenvalue weighted by Gasteiger charge is 2.39. The van der Waals surface area contributed by atoms with Crippen LogP contribution in [-0.4, -0.2) is 0 Å². The molecular formula is C66H52N2. The van der Waals surface area contributed by atoms with E-state index in [4.69, 9.17) is 0 Å². The summed E-state index contributed by atoms with van der Waals surface area (Å²) in [6.07, 6.45) is -0.0115. The normalized spacial score (nSPS) is 16.0. The van der Waals surface area contributed by atoms with E-state index in [1.54, 1.807) is 0 Å². The van der Waals surface area contributed by atoms with Crippen molar-refractivity contribution in [1.29, 1.82) is 0 Å². The number of benzene rings is 10. The highest BCUT2D eigenvalue weighted by molar-refractivity contribution is 6.23. The van der Waals surface area contributed by atoms with Crippen LogP contribution in [0.4, 0.5) is 11.4 Å². The van der Waals surface area contributed by atoms with E-state index in [9.17, 15) is 0 Å². The first-order valence-corrected chi connectivity index (χ1v) is 24.4. The van der Waals surface area contributed by atoms with Crippen LogP contribution in [0.5, 0.6) is 0 Å². The van der Waals surface area contributed by atoms with Gasteiger partial charge in [-0.3, -0.25) is 0 Å². The van der Waals surface area contributed by atoms with Crippen molar-refractivity contribution in [2.24, 2.45) is 0 Å². The van der Waals surface area contributed by atoms with Crippen LogP contribution in [0.2, 0.25) is 0 Å². The van der Waals surface area contributed by atoms with Gasteiger partial charge in [0.25, 0.3) is 0 Å². The van der Waals surface area contributed by atoms with Crippen LogP contribution in [0, 0.1) is 0 Å². The van der Waals surface area contributed by atoms with Crippen LogP contribution in [0.15, 0.2) is 188 Å². The maximum Gasteiger partial charge on any atom is 0.123 e. The zero-order valence-corrected chi connectivity index (χ0v) is 39.5. The smallest absolute Gasteiger partial charge is 0.123 e. The van der Waals surface area contributed by atoms with Crippen molar-refractivity contribution in [1.82, 2.24) is 0 Å². The number of anilines is 2. The third-order valence-electron chi connectivity index (χ3n) is 16.6. The summed E-state index contributed by atoms with van der Waals surface area (Å²) in [5.74, 6) is 0. The molecule has 326 valence electrons. The second kappa shape index (κ2) is 13.7. The molecule has 2 heteroatoms. The summed E-state index contributed by atoms with van der Waals surface area (Å²) in [6.45, 7) is 14.4. The van der Waals surface area contributed by atoms with Crippen molar-refractivity contribution in [2.45, 2.75) is 64.0 Å². The Morgan fingerprint density at radius 2 is 0.721 bits per heavy atom. The lowest BCUT2D eigenvalue weighted by molar-refractivity contribution is 0.660. The molecule has 4 aliphatic rings. The van der Waals surface area contributed by atoms with Crippen LogP contribution < -0.4 is 10.6 Å². The fourth-order valence-electron chi connectivity index (χ4n) is 13.1. The molecule has 0 radical (unpaired) electrons. The van der Waals surface area contributed by atoms with Crippen LogP contribution >= 0.6 is 0 Å². The molecule has 0 saturated heterocycles. The van der Waals surface area contributed by atoms with Gasteiger partial charge in [0.05, 0.1) is 11.4 Å². The summed E-state index contributed by atoms with van der Waals surface area (Å²) in [5, 5.41) is 12.6. The van der Waals surface area contributed by atoms with Crippen molar-refractivity contribution in [3.8, 4) is 66.8 Å². The minimum Gasteiger partial charge on any atom is -0.360 e. The standard InChI is InChI=1S/C66H52N2/c1-64(2)53-21-10-7-18-43(53)46-29-27-40(34-56(46)64)61-48-31-26-39(38-16-15-17-42(32-38)63-67-59-24-13-14-25-60(59)68-63)33-50(48)62(41-28-30-47-44-19-8-11-22-54(44)65(3,4)57(47)35-41)52-37-58-49(36-51(52)61)45-20-9-12-23-55(45)66(58,5)6/h7-37,63,67-68H,1-6H3. The largest absolute Gasteiger partial charge is 0.360 e. The fraction of sp³-hybridized carbons (Fsp3) is 0.152. The predicted octanol–water partition coefficient (Wildman–Crippen LogP) is 17.4. The van der Waals surface area contributed by atoms with Gasteiger partial charge in [0.1, 0.15) is 6.17 Å². The summed E-state index contributed by atoms with van der Waals surface area (Å²) in [5.41, 5.74) is 27.0.